The second-order valence-electron chi connectivity index (χ2n) is 8.34. The summed E-state index contributed by atoms with van der Waals surface area (Å²) in [5.74, 6) is 0.524. The first-order valence-corrected chi connectivity index (χ1v) is 11.1. The van der Waals surface area contributed by atoms with Crippen molar-refractivity contribution in [2.24, 2.45) is 5.92 Å². The molecule has 1 aliphatic carbocycles. The number of aromatic nitrogens is 2. The summed E-state index contributed by atoms with van der Waals surface area (Å²) in [7, 11) is 4.43. The monoisotopic (exact) mass is 459 g/mol. The summed E-state index contributed by atoms with van der Waals surface area (Å²) in [4.78, 5) is 25.4. The van der Waals surface area contributed by atoms with Crippen molar-refractivity contribution in [1.82, 2.24) is 14.9 Å². The van der Waals surface area contributed by atoms with Gasteiger partial charge in [0.25, 0.3) is 0 Å². The van der Waals surface area contributed by atoms with E-state index in [1.807, 2.05) is 15.9 Å². The minimum atomic E-state index is -0.658. The van der Waals surface area contributed by atoms with Gasteiger partial charge >= 0.3 is 0 Å². The Hall–Kier alpha value is -3.14. The third-order valence-electron chi connectivity index (χ3n) is 6.13. The van der Waals surface area contributed by atoms with Crippen molar-refractivity contribution in [1.29, 1.82) is 0 Å². The van der Waals surface area contributed by atoms with Crippen LogP contribution in [0.4, 0.5) is 16.2 Å². The molecule has 2 N–H and O–H groups in total. The molecule has 1 saturated heterocycles. The summed E-state index contributed by atoms with van der Waals surface area (Å²) >= 11 is 0. The Morgan fingerprint density at radius 1 is 1.24 bits per heavy atom. The molecule has 178 valence electrons. The highest BCUT2D eigenvalue weighted by atomic mass is 19.1. The molecule has 0 spiro atoms. The number of nitrogens with two attached hydrogens (primary N) is 1. The van der Waals surface area contributed by atoms with Gasteiger partial charge in [-0.25, -0.2) is 9.37 Å². The number of rotatable bonds is 8. The van der Waals surface area contributed by atoms with Crippen LogP contribution in [0.15, 0.2) is 18.2 Å². The van der Waals surface area contributed by atoms with Crippen LogP contribution in [0, 0.1) is 11.7 Å². The largest absolute Gasteiger partial charge is 0.493 e. The van der Waals surface area contributed by atoms with E-state index in [-0.39, 0.29) is 34.8 Å². The molecule has 0 bridgehead atoms. The van der Waals surface area contributed by atoms with E-state index in [0.717, 1.165) is 12.8 Å². The normalized spacial score (nSPS) is 18.8. The van der Waals surface area contributed by atoms with E-state index >= 15 is 4.39 Å². The molecule has 4 rings (SSSR count). The highest BCUT2D eigenvalue weighted by Gasteiger charge is 2.32. The number of carbonyl (C=O) groups is 1. The fraction of sp³-hybridized carbons (Fsp3) is 0.522. The maximum Gasteiger partial charge on any atom is 0.246 e. The minimum absolute atomic E-state index is 0.00536. The molecule has 1 unspecified atom stereocenters. The van der Waals surface area contributed by atoms with Crippen LogP contribution in [0.2, 0.25) is 0 Å². The number of nitrogens with zero attached hydrogens (tertiary/aromatic N) is 4. The minimum Gasteiger partial charge on any atom is -0.493 e. The van der Waals surface area contributed by atoms with Crippen LogP contribution in [-0.4, -0.2) is 74.4 Å². The highest BCUT2D eigenvalue weighted by Crippen LogP contribution is 2.38. The summed E-state index contributed by atoms with van der Waals surface area (Å²) in [5, 5.41) is 0.348. The molecule has 0 radical (unpaired) electrons. The second-order valence-corrected chi connectivity index (χ2v) is 8.34. The van der Waals surface area contributed by atoms with Crippen molar-refractivity contribution in [2.45, 2.75) is 25.3 Å². The van der Waals surface area contributed by atoms with Crippen LogP contribution in [0.1, 0.15) is 19.3 Å². The number of ether oxygens (including phenoxy) is 3. The van der Waals surface area contributed by atoms with E-state index in [9.17, 15) is 4.79 Å². The molecule has 1 aromatic carbocycles. The van der Waals surface area contributed by atoms with Gasteiger partial charge in [0.1, 0.15) is 11.3 Å². The Morgan fingerprint density at radius 3 is 2.70 bits per heavy atom. The van der Waals surface area contributed by atoms with Gasteiger partial charge in [0.05, 0.1) is 20.3 Å². The molecule has 1 aliphatic heterocycles. The molecule has 1 amide bonds. The van der Waals surface area contributed by atoms with Gasteiger partial charge in [-0.1, -0.05) is 6.08 Å². The number of allylic oxidation sites excluding steroid dienone is 1. The lowest BCUT2D eigenvalue weighted by Gasteiger charge is -2.41. The lowest BCUT2D eigenvalue weighted by Crippen LogP contribution is -2.55. The predicted molar refractivity (Wildman–Crippen MR) is 123 cm³/mol. The maximum atomic E-state index is 15.2. The third-order valence-corrected chi connectivity index (χ3v) is 6.13. The number of anilines is 2. The molecule has 2 fully saturated rings. The zero-order valence-electron chi connectivity index (χ0n) is 19.2. The van der Waals surface area contributed by atoms with E-state index in [1.165, 1.54) is 14.2 Å². The summed E-state index contributed by atoms with van der Waals surface area (Å²) < 4.78 is 30.9. The number of amides is 1. The number of fused-ring (bicyclic) bond motifs is 1. The topological polar surface area (TPSA) is 103 Å². The number of hydrogen-bond donors (Lipinski definition) is 1. The quantitative estimate of drug-likeness (QED) is 0.601. The van der Waals surface area contributed by atoms with Gasteiger partial charge in [-0.15, -0.1) is 0 Å². The van der Waals surface area contributed by atoms with Crippen molar-refractivity contribution in [3.8, 4) is 11.5 Å². The van der Waals surface area contributed by atoms with E-state index < -0.39 is 5.82 Å². The zero-order chi connectivity index (χ0) is 23.5. The van der Waals surface area contributed by atoms with Crippen molar-refractivity contribution < 1.29 is 23.4 Å². The Balaban J connectivity index is 1.64. The van der Waals surface area contributed by atoms with Crippen LogP contribution in [-0.2, 0) is 9.53 Å². The lowest BCUT2D eigenvalue weighted by molar-refractivity contribution is -0.126. The fourth-order valence-corrected chi connectivity index (χ4v) is 4.10. The predicted octanol–water partition coefficient (Wildman–Crippen LogP) is 2.39. The van der Waals surface area contributed by atoms with Crippen LogP contribution < -0.4 is 20.1 Å². The molecule has 33 heavy (non-hydrogen) atoms. The zero-order valence-corrected chi connectivity index (χ0v) is 19.2. The summed E-state index contributed by atoms with van der Waals surface area (Å²) in [6, 6.07) is 1.47. The Bertz CT molecular complexity index is 1060. The second kappa shape index (κ2) is 9.78. The molecule has 1 atom stereocenters. The van der Waals surface area contributed by atoms with Gasteiger partial charge in [0.2, 0.25) is 11.9 Å². The first-order chi connectivity index (χ1) is 16.0. The molecule has 2 heterocycles. The first kappa shape index (κ1) is 23.0. The number of nitrogen functional groups attached to an aromatic ring is 1. The maximum absolute atomic E-state index is 15.2. The summed E-state index contributed by atoms with van der Waals surface area (Å²) in [6.07, 6.45) is 6.64. The van der Waals surface area contributed by atoms with Crippen LogP contribution in [0.3, 0.4) is 0 Å². The van der Waals surface area contributed by atoms with Gasteiger partial charge in [0, 0.05) is 38.7 Å². The van der Waals surface area contributed by atoms with Gasteiger partial charge in [0.15, 0.2) is 17.3 Å². The molecular formula is C23H30FN5O4. The van der Waals surface area contributed by atoms with E-state index in [2.05, 4.69) is 9.97 Å². The van der Waals surface area contributed by atoms with E-state index in [4.69, 9.17) is 19.9 Å². The molecular weight excluding hydrogens is 429 g/mol. The number of carbonyl (C=O) groups excluding carboxylic acids is 1. The molecule has 10 heteroatoms. The number of halogens is 1. The first-order valence-electron chi connectivity index (χ1n) is 11.1. The summed E-state index contributed by atoms with van der Waals surface area (Å²) in [5.41, 5.74) is 6.26. The van der Waals surface area contributed by atoms with Gasteiger partial charge < -0.3 is 29.7 Å². The van der Waals surface area contributed by atoms with Crippen molar-refractivity contribution in [3.63, 3.8) is 0 Å². The third kappa shape index (κ3) is 4.80. The number of benzene rings is 1. The van der Waals surface area contributed by atoms with Gasteiger partial charge in [-0.2, -0.15) is 4.98 Å². The average molecular weight is 460 g/mol. The van der Waals surface area contributed by atoms with Crippen molar-refractivity contribution in [2.75, 3.05) is 58.2 Å². The Kier molecular flexibility index (Phi) is 6.83. The lowest BCUT2D eigenvalue weighted by atomic mass is 10.1. The molecule has 2 aliphatic rings. The highest BCUT2D eigenvalue weighted by molar-refractivity contribution is 5.92. The molecule has 9 nitrogen and oxygen atoms in total. The smallest absolute Gasteiger partial charge is 0.246 e. The van der Waals surface area contributed by atoms with Crippen molar-refractivity contribution >= 4 is 28.6 Å². The Labute approximate surface area is 192 Å². The average Bonchev–Trinajstić information content (AvgIpc) is 3.65. The van der Waals surface area contributed by atoms with Gasteiger partial charge in [-0.05, 0) is 37.3 Å². The molecule has 1 saturated carbocycles. The SMILES string of the molecule is COCCC1CN(C(=O)C=CC2CC2)CCN1c1nc(N)c2cc(OC)c(OC)c(F)c2n1. The molecule has 2 aromatic rings. The van der Waals surface area contributed by atoms with Gasteiger partial charge in [-0.3, -0.25) is 4.79 Å². The number of piperazine rings is 1. The van der Waals surface area contributed by atoms with Crippen molar-refractivity contribution in [3.05, 3.63) is 24.0 Å². The van der Waals surface area contributed by atoms with E-state index in [1.54, 1.807) is 19.3 Å². The molecule has 1 aromatic heterocycles. The van der Waals surface area contributed by atoms with E-state index in [0.29, 0.717) is 49.9 Å². The number of hydrogen-bond acceptors (Lipinski definition) is 8. The van der Waals surface area contributed by atoms with Crippen LogP contribution in [0.25, 0.3) is 10.9 Å². The number of methoxy groups -OCH3 is 3. The van der Waals surface area contributed by atoms with Crippen LogP contribution >= 0.6 is 0 Å². The summed E-state index contributed by atoms with van der Waals surface area (Å²) in [6.45, 7) is 2.00. The standard InChI is InChI=1S/C23H30FN5O4/c1-31-11-8-15-13-28(18(30)7-6-14-4-5-14)9-10-29(15)23-26-20-16(22(25)27-23)12-17(32-2)21(33-3)19(20)24/h6-7,12,14-15H,4-5,8-11,13H2,1-3H3,(H2,25,26,27). The Morgan fingerprint density at radius 2 is 2.03 bits per heavy atom. The fourth-order valence-electron chi connectivity index (χ4n) is 4.10. The van der Waals surface area contributed by atoms with Crippen LogP contribution in [0.5, 0.6) is 11.5 Å².